The zero-order valence-electron chi connectivity index (χ0n) is 7.47. The molecular weight excluding hydrogens is 172 g/mol. The third kappa shape index (κ3) is 1.93. The van der Waals surface area contributed by atoms with Crippen molar-refractivity contribution in [3.05, 3.63) is 0 Å². The normalized spacial score (nSPS) is 33.8. The Morgan fingerprint density at radius 2 is 2.18 bits per heavy atom. The van der Waals surface area contributed by atoms with E-state index in [-0.39, 0.29) is 4.85 Å². The highest BCUT2D eigenvalue weighted by atomic mass is 28.3. The number of hydrogen-bond acceptors (Lipinski definition) is 2. The van der Waals surface area contributed by atoms with E-state index >= 15 is 0 Å². The summed E-state index contributed by atoms with van der Waals surface area (Å²) in [5.74, 6) is 0. The maximum absolute atomic E-state index is 9.36. The molecule has 1 atom stereocenters. The lowest BCUT2D eigenvalue weighted by atomic mass is 10.2. The van der Waals surface area contributed by atoms with Gasteiger partial charge < -0.3 is 9.53 Å². The van der Waals surface area contributed by atoms with Crippen LogP contribution in [0.2, 0.25) is 13.1 Å². The second kappa shape index (κ2) is 3.84. The lowest BCUT2D eigenvalue weighted by Crippen LogP contribution is -2.52. The lowest BCUT2D eigenvalue weighted by molar-refractivity contribution is 0.0247. The Kier molecular flexibility index (Phi) is 3.30. The Morgan fingerprint density at radius 3 is 2.45 bits per heavy atom. The van der Waals surface area contributed by atoms with Crippen LogP contribution >= 0.6 is 0 Å². The summed E-state index contributed by atoms with van der Waals surface area (Å²) in [7, 11) is -1.74. The molecule has 1 fully saturated rings. The fraction of sp³-hybridized carbons (Fsp3) is 1.00. The molecule has 1 unspecified atom stereocenters. The highest BCUT2D eigenvalue weighted by Crippen LogP contribution is 2.25. The Bertz CT molecular complexity index is 122. The molecule has 1 rings (SSSR count). The third-order valence-corrected chi connectivity index (χ3v) is 9.35. The van der Waals surface area contributed by atoms with E-state index in [0.29, 0.717) is 0 Å². The van der Waals surface area contributed by atoms with Gasteiger partial charge in [-0.25, -0.2) is 0 Å². The van der Waals surface area contributed by atoms with Crippen LogP contribution in [0.5, 0.6) is 0 Å². The van der Waals surface area contributed by atoms with Crippen molar-refractivity contribution in [2.75, 3.05) is 6.61 Å². The monoisotopic (exact) mass is 190 g/mol. The van der Waals surface area contributed by atoms with Crippen molar-refractivity contribution in [3.63, 3.8) is 0 Å². The third-order valence-electron chi connectivity index (χ3n) is 2.70. The summed E-state index contributed by atoms with van der Waals surface area (Å²) in [5.41, 5.74) is 0. The Hall–Kier alpha value is 0.354. The van der Waals surface area contributed by atoms with Crippen molar-refractivity contribution < 1.29 is 9.53 Å². The summed E-state index contributed by atoms with van der Waals surface area (Å²) < 4.78 is 5.75. The van der Waals surface area contributed by atoms with Crippen molar-refractivity contribution in [1.29, 1.82) is 0 Å². The molecule has 11 heavy (non-hydrogen) atoms. The van der Waals surface area contributed by atoms with Crippen molar-refractivity contribution in [3.8, 4) is 0 Å². The Balaban J connectivity index is 2.57. The second-order valence-corrected chi connectivity index (χ2v) is 9.37. The minimum Gasteiger partial charge on any atom is -0.436 e. The van der Waals surface area contributed by atoms with Gasteiger partial charge in [0.05, 0.1) is 13.6 Å². The molecule has 0 saturated carbocycles. The van der Waals surface area contributed by atoms with Crippen LogP contribution in [-0.4, -0.2) is 34.8 Å². The summed E-state index contributed by atoms with van der Waals surface area (Å²) in [5, 5.41) is 0. The highest BCUT2D eigenvalue weighted by molar-refractivity contribution is 6.70. The highest BCUT2D eigenvalue weighted by Gasteiger charge is 2.36. The van der Waals surface area contributed by atoms with Crippen LogP contribution in [0.1, 0.15) is 19.3 Å². The van der Waals surface area contributed by atoms with Gasteiger partial charge in [0.25, 0.3) is 0 Å². The van der Waals surface area contributed by atoms with Gasteiger partial charge in [0, 0.05) is 6.61 Å². The van der Waals surface area contributed by atoms with E-state index in [2.05, 4.69) is 13.1 Å². The minimum absolute atomic E-state index is 0.0538. The molecule has 0 aromatic carbocycles. The van der Waals surface area contributed by atoms with Crippen LogP contribution in [0.15, 0.2) is 0 Å². The molecule has 1 aliphatic heterocycles. The molecule has 1 heterocycles. The predicted octanol–water partition coefficient (Wildman–Crippen LogP) is -0.0148. The van der Waals surface area contributed by atoms with E-state index in [1.807, 2.05) is 0 Å². The van der Waals surface area contributed by atoms with Crippen molar-refractivity contribution >= 4 is 18.6 Å². The zero-order valence-corrected chi connectivity index (χ0v) is 10.0. The van der Waals surface area contributed by atoms with Crippen LogP contribution in [0, 0.1) is 0 Å². The Morgan fingerprint density at radius 1 is 1.45 bits per heavy atom. The van der Waals surface area contributed by atoms with E-state index in [0.717, 1.165) is 13.0 Å². The van der Waals surface area contributed by atoms with Crippen LogP contribution in [0.4, 0.5) is 0 Å². The number of hydrogen-bond donors (Lipinski definition) is 1. The van der Waals surface area contributed by atoms with Gasteiger partial charge in [-0.1, -0.05) is 13.1 Å². The number of ether oxygens (including phenoxy) is 1. The first-order chi connectivity index (χ1) is 5.21. The summed E-state index contributed by atoms with van der Waals surface area (Å²) in [6.45, 7) is 5.46. The molecule has 2 nitrogen and oxygen atoms in total. The van der Waals surface area contributed by atoms with Crippen molar-refractivity contribution in [1.82, 2.24) is 0 Å². The Labute approximate surface area is 72.5 Å². The zero-order chi connectivity index (χ0) is 8.32. The van der Waals surface area contributed by atoms with Crippen molar-refractivity contribution in [2.24, 2.45) is 0 Å². The molecule has 0 spiro atoms. The largest absolute Gasteiger partial charge is 0.436 e. The van der Waals surface area contributed by atoms with Gasteiger partial charge in [-0.2, -0.15) is 0 Å². The second-order valence-electron chi connectivity index (χ2n) is 3.68. The maximum Gasteiger partial charge on any atom is 0.185 e. The molecular formula is C7H18O2Si2. The van der Waals surface area contributed by atoms with Crippen LogP contribution < -0.4 is 0 Å². The molecule has 1 N–H and O–H groups in total. The van der Waals surface area contributed by atoms with Crippen LogP contribution in [0.25, 0.3) is 0 Å². The minimum atomic E-state index is -0.947. The molecule has 0 aliphatic carbocycles. The smallest absolute Gasteiger partial charge is 0.185 e. The van der Waals surface area contributed by atoms with Crippen LogP contribution in [-0.2, 0) is 4.74 Å². The van der Waals surface area contributed by atoms with Gasteiger partial charge in [0.1, 0.15) is 0 Å². The number of rotatable bonds is 2. The molecule has 0 amide bonds. The van der Waals surface area contributed by atoms with E-state index in [1.165, 1.54) is 12.8 Å². The molecule has 0 radical (unpaired) electrons. The quantitative estimate of drug-likeness (QED) is 0.621. The summed E-state index contributed by atoms with van der Waals surface area (Å²) in [6.07, 6.45) is 3.59. The maximum atomic E-state index is 9.36. The molecule has 0 aromatic heterocycles. The summed E-state index contributed by atoms with van der Waals surface area (Å²) in [4.78, 5) is 9.41. The first-order valence-corrected chi connectivity index (χ1v) is 8.69. The van der Waals surface area contributed by atoms with E-state index in [1.54, 1.807) is 0 Å². The summed E-state index contributed by atoms with van der Waals surface area (Å²) >= 11 is 0. The molecule has 0 bridgehead atoms. The van der Waals surface area contributed by atoms with Gasteiger partial charge >= 0.3 is 0 Å². The fourth-order valence-electron chi connectivity index (χ4n) is 1.64. The SMILES string of the molecule is C[SiH](C)C1([SiH2]O)CCCCO1. The van der Waals surface area contributed by atoms with Crippen LogP contribution in [0.3, 0.4) is 0 Å². The first kappa shape index (κ1) is 9.44. The van der Waals surface area contributed by atoms with Gasteiger partial charge in [0.2, 0.25) is 0 Å². The van der Waals surface area contributed by atoms with Gasteiger partial charge in [0.15, 0.2) is 9.76 Å². The standard InChI is InChI=1S/C7H18O2Si2/c1-11(2)7(10-8)5-3-4-6-9-7/h8,11H,3-6,10H2,1-2H3. The van der Waals surface area contributed by atoms with E-state index in [4.69, 9.17) is 4.74 Å². The molecule has 4 heteroatoms. The van der Waals surface area contributed by atoms with Gasteiger partial charge in [-0.3, -0.25) is 0 Å². The molecule has 0 aromatic rings. The first-order valence-electron chi connectivity index (χ1n) is 4.46. The average Bonchev–Trinajstić information content (AvgIpc) is 2.05. The molecule has 1 saturated heterocycles. The fourth-order valence-corrected chi connectivity index (χ4v) is 4.97. The van der Waals surface area contributed by atoms with E-state index < -0.39 is 18.6 Å². The lowest BCUT2D eigenvalue weighted by Gasteiger charge is -2.38. The van der Waals surface area contributed by atoms with Gasteiger partial charge in [-0.05, 0) is 19.3 Å². The van der Waals surface area contributed by atoms with E-state index in [9.17, 15) is 4.80 Å². The van der Waals surface area contributed by atoms with Gasteiger partial charge in [-0.15, -0.1) is 0 Å². The molecule has 66 valence electrons. The average molecular weight is 190 g/mol. The predicted molar refractivity (Wildman–Crippen MR) is 52.2 cm³/mol. The molecule has 1 aliphatic rings. The van der Waals surface area contributed by atoms with Crippen molar-refractivity contribution in [2.45, 2.75) is 37.2 Å². The topological polar surface area (TPSA) is 29.5 Å². The summed E-state index contributed by atoms with van der Waals surface area (Å²) in [6, 6.07) is 0.